The van der Waals surface area contributed by atoms with Crippen molar-refractivity contribution in [2.24, 2.45) is 0 Å². The zero-order valence-corrected chi connectivity index (χ0v) is 17.5. The van der Waals surface area contributed by atoms with Gasteiger partial charge in [0, 0.05) is 6.20 Å². The zero-order valence-electron chi connectivity index (χ0n) is 17.5. The van der Waals surface area contributed by atoms with E-state index >= 15 is 8.78 Å². The molecule has 176 valence electrons. The monoisotopic (exact) mass is 471 g/mol. The Kier molecular flexibility index (Phi) is 6.37. The van der Waals surface area contributed by atoms with Crippen LogP contribution in [-0.2, 0) is 14.2 Å². The van der Waals surface area contributed by atoms with E-state index in [2.05, 4.69) is 4.98 Å². The van der Waals surface area contributed by atoms with Crippen molar-refractivity contribution in [2.75, 3.05) is 12.3 Å². The molecule has 4 rings (SSSR count). The van der Waals surface area contributed by atoms with Gasteiger partial charge in [0.25, 0.3) is 0 Å². The average molecular weight is 471 g/mol. The lowest BCUT2D eigenvalue weighted by Gasteiger charge is -2.24. The van der Waals surface area contributed by atoms with Crippen LogP contribution < -0.4 is 11.4 Å². The molecule has 1 fully saturated rings. The van der Waals surface area contributed by atoms with Crippen molar-refractivity contribution in [1.29, 1.82) is 0 Å². The number of ether oxygens (including phenoxy) is 3. The maximum Gasteiger partial charge on any atom is 0.351 e. The summed E-state index contributed by atoms with van der Waals surface area (Å²) in [7, 11) is 0. The number of nitrogen functional groups attached to an aromatic ring is 1. The van der Waals surface area contributed by atoms with Gasteiger partial charge in [0.05, 0.1) is 11.1 Å². The Bertz CT molecular complexity index is 1240. The molecule has 9 nitrogen and oxygen atoms in total. The number of aromatic nitrogens is 2. The molecule has 11 heteroatoms. The summed E-state index contributed by atoms with van der Waals surface area (Å²) in [5.74, 6) is -5.86. The number of benzene rings is 2. The molecule has 2 N–H and O–H groups in total. The van der Waals surface area contributed by atoms with Crippen molar-refractivity contribution in [3.8, 4) is 0 Å². The van der Waals surface area contributed by atoms with Gasteiger partial charge in [-0.3, -0.25) is 4.57 Å². The van der Waals surface area contributed by atoms with Crippen molar-refractivity contribution in [1.82, 2.24) is 9.55 Å². The van der Waals surface area contributed by atoms with Crippen molar-refractivity contribution in [2.45, 2.75) is 24.4 Å². The summed E-state index contributed by atoms with van der Waals surface area (Å²) in [5.41, 5.74) is 4.58. The molecule has 2 aromatic carbocycles. The smallest absolute Gasteiger partial charge is 0.351 e. The third-order valence-corrected chi connectivity index (χ3v) is 5.09. The first-order valence-corrected chi connectivity index (χ1v) is 10.1. The summed E-state index contributed by atoms with van der Waals surface area (Å²) in [6.45, 7) is -0.663. The SMILES string of the molecule is Nc1ccn([C@@H]2O[C@H](COC(=O)c3ccccc3)[C@@H](OC(=O)c3ccccc3)C2(F)F)c(=O)n1. The van der Waals surface area contributed by atoms with Gasteiger partial charge < -0.3 is 19.9 Å². The minimum Gasteiger partial charge on any atom is -0.459 e. The average Bonchev–Trinajstić information content (AvgIpc) is 3.08. The lowest BCUT2D eigenvalue weighted by molar-refractivity contribution is -0.142. The molecular weight excluding hydrogens is 452 g/mol. The van der Waals surface area contributed by atoms with Crippen molar-refractivity contribution in [3.05, 3.63) is 94.5 Å². The first-order valence-electron chi connectivity index (χ1n) is 10.1. The Morgan fingerprint density at radius 2 is 1.59 bits per heavy atom. The first-order chi connectivity index (χ1) is 16.3. The molecular formula is C23H19F2N3O6. The maximum atomic E-state index is 15.5. The van der Waals surface area contributed by atoms with Crippen LogP contribution in [0.2, 0.25) is 0 Å². The summed E-state index contributed by atoms with van der Waals surface area (Å²) in [5, 5.41) is 0. The molecule has 2 heterocycles. The molecule has 0 saturated carbocycles. The van der Waals surface area contributed by atoms with E-state index in [9.17, 15) is 14.4 Å². The number of hydrogen-bond donors (Lipinski definition) is 1. The number of carbonyl (C=O) groups excluding carboxylic acids is 2. The van der Waals surface area contributed by atoms with Gasteiger partial charge in [0.1, 0.15) is 18.5 Å². The molecule has 3 atom stereocenters. The highest BCUT2D eigenvalue weighted by atomic mass is 19.3. The molecule has 3 aromatic rings. The number of rotatable bonds is 6. The van der Waals surface area contributed by atoms with Crippen LogP contribution in [0.25, 0.3) is 0 Å². The van der Waals surface area contributed by atoms with Gasteiger partial charge in [-0.2, -0.15) is 13.8 Å². The van der Waals surface area contributed by atoms with Crippen LogP contribution in [0.3, 0.4) is 0 Å². The van der Waals surface area contributed by atoms with Crippen molar-refractivity contribution in [3.63, 3.8) is 0 Å². The summed E-state index contributed by atoms with van der Waals surface area (Å²) in [6, 6.07) is 16.6. The van der Waals surface area contributed by atoms with E-state index in [4.69, 9.17) is 19.9 Å². The fourth-order valence-corrected chi connectivity index (χ4v) is 3.43. The second-order valence-electron chi connectivity index (χ2n) is 7.40. The highest BCUT2D eigenvalue weighted by molar-refractivity contribution is 5.90. The van der Waals surface area contributed by atoms with Crippen LogP contribution in [0, 0.1) is 0 Å². The number of esters is 2. The Hall–Kier alpha value is -4.12. The van der Waals surface area contributed by atoms with Gasteiger partial charge in [0.15, 0.2) is 6.10 Å². The van der Waals surface area contributed by atoms with Crippen LogP contribution in [0.5, 0.6) is 0 Å². The number of anilines is 1. The lowest BCUT2D eigenvalue weighted by Crippen LogP contribution is -2.44. The number of nitrogens with zero attached hydrogens (tertiary/aromatic N) is 2. The van der Waals surface area contributed by atoms with E-state index < -0.39 is 48.6 Å². The van der Waals surface area contributed by atoms with Gasteiger partial charge in [-0.25, -0.2) is 14.4 Å². The van der Waals surface area contributed by atoms with Crippen molar-refractivity contribution >= 4 is 17.8 Å². The molecule has 0 aliphatic carbocycles. The van der Waals surface area contributed by atoms with Gasteiger partial charge in [-0.05, 0) is 30.3 Å². The number of alkyl halides is 2. The molecule has 0 bridgehead atoms. The van der Waals surface area contributed by atoms with E-state index in [0.29, 0.717) is 4.57 Å². The largest absolute Gasteiger partial charge is 0.459 e. The summed E-state index contributed by atoms with van der Waals surface area (Å²) in [6.07, 6.45) is -4.93. The van der Waals surface area contributed by atoms with Crippen molar-refractivity contribution < 1.29 is 32.6 Å². The topological polar surface area (TPSA) is 123 Å². The Balaban J connectivity index is 1.61. The van der Waals surface area contributed by atoms with Gasteiger partial charge in [0.2, 0.25) is 6.23 Å². The minimum atomic E-state index is -3.88. The highest BCUT2D eigenvalue weighted by Gasteiger charge is 2.62. The summed E-state index contributed by atoms with van der Waals surface area (Å²) in [4.78, 5) is 40.5. The Morgan fingerprint density at radius 1 is 1.00 bits per heavy atom. The predicted octanol–water partition coefficient (Wildman–Crippen LogP) is 2.44. The molecule has 0 amide bonds. The number of nitrogens with two attached hydrogens (primary N) is 1. The fourth-order valence-electron chi connectivity index (χ4n) is 3.43. The molecule has 34 heavy (non-hydrogen) atoms. The van der Waals surface area contributed by atoms with E-state index in [0.717, 1.165) is 12.3 Å². The van der Waals surface area contributed by atoms with Crippen LogP contribution in [-0.4, -0.2) is 46.2 Å². The zero-order chi connectivity index (χ0) is 24.3. The first kappa shape index (κ1) is 23.1. The molecule has 1 aliphatic rings. The minimum absolute atomic E-state index is 0.0353. The highest BCUT2D eigenvalue weighted by Crippen LogP contribution is 2.44. The standard InChI is InChI=1S/C23H19F2N3O6/c24-23(25)18(34-20(30)15-9-5-2-6-10-15)16(13-32-19(29)14-7-3-1-4-8-14)33-21(23)28-12-11-17(26)27-22(28)31/h1-12,16,18,21H,13H2,(H2,26,27,31)/t16-,18-,21-/m1/s1. The van der Waals surface area contributed by atoms with E-state index in [1.807, 2.05) is 0 Å². The quantitative estimate of drug-likeness (QED) is 0.544. The second-order valence-corrected chi connectivity index (χ2v) is 7.40. The third kappa shape index (κ3) is 4.64. The molecule has 0 spiro atoms. The normalized spacial score (nSPS) is 21.1. The van der Waals surface area contributed by atoms with Crippen LogP contribution in [0.4, 0.5) is 14.6 Å². The molecule has 0 radical (unpaired) electrons. The van der Waals surface area contributed by atoms with Crippen LogP contribution >= 0.6 is 0 Å². The van der Waals surface area contributed by atoms with Gasteiger partial charge >= 0.3 is 23.6 Å². The van der Waals surface area contributed by atoms with E-state index in [1.165, 1.54) is 24.3 Å². The summed E-state index contributed by atoms with van der Waals surface area (Å²) < 4.78 is 47.1. The molecule has 0 unspecified atom stereocenters. The van der Waals surface area contributed by atoms with Gasteiger partial charge in [-0.15, -0.1) is 0 Å². The molecule has 1 aliphatic heterocycles. The van der Waals surface area contributed by atoms with Crippen LogP contribution in [0.15, 0.2) is 77.7 Å². The second kappa shape index (κ2) is 9.40. The lowest BCUT2D eigenvalue weighted by atomic mass is 10.1. The fraction of sp³-hybridized carbons (Fsp3) is 0.217. The van der Waals surface area contributed by atoms with E-state index in [-0.39, 0.29) is 16.9 Å². The number of carbonyl (C=O) groups is 2. The summed E-state index contributed by atoms with van der Waals surface area (Å²) >= 11 is 0. The third-order valence-electron chi connectivity index (χ3n) is 5.09. The maximum absolute atomic E-state index is 15.5. The van der Waals surface area contributed by atoms with Gasteiger partial charge in [-0.1, -0.05) is 36.4 Å². The predicted molar refractivity (Wildman–Crippen MR) is 114 cm³/mol. The van der Waals surface area contributed by atoms with Crippen LogP contribution in [0.1, 0.15) is 26.9 Å². The number of halogens is 2. The molecule has 1 saturated heterocycles. The Labute approximate surface area is 191 Å². The molecule has 1 aromatic heterocycles. The Morgan fingerprint density at radius 3 is 2.18 bits per heavy atom. The van der Waals surface area contributed by atoms with E-state index in [1.54, 1.807) is 36.4 Å². The number of hydrogen-bond acceptors (Lipinski definition) is 8.